The third kappa shape index (κ3) is 3.85. The first kappa shape index (κ1) is 15.9. The Balaban J connectivity index is 1.72. The van der Waals surface area contributed by atoms with Crippen molar-refractivity contribution in [3.05, 3.63) is 58.1 Å². The lowest BCUT2D eigenvalue weighted by molar-refractivity contribution is 0.0940. The summed E-state index contributed by atoms with van der Waals surface area (Å²) in [5.74, 6) is 1.40. The average molecular weight is 376 g/mol. The summed E-state index contributed by atoms with van der Waals surface area (Å²) < 4.78 is 12.3. The predicted molar refractivity (Wildman–Crippen MR) is 92.1 cm³/mol. The number of rotatable bonds is 3. The van der Waals surface area contributed by atoms with Gasteiger partial charge in [0.05, 0.1) is 19.3 Å². The van der Waals surface area contributed by atoms with E-state index in [-0.39, 0.29) is 11.9 Å². The second-order valence-corrected chi connectivity index (χ2v) is 6.37. The molecule has 23 heavy (non-hydrogen) atoms. The number of nitrogens with one attached hydrogen (secondary N) is 1. The van der Waals surface area contributed by atoms with Crippen LogP contribution < -0.4 is 14.8 Å². The van der Waals surface area contributed by atoms with Crippen LogP contribution in [0.15, 0.2) is 46.9 Å². The highest BCUT2D eigenvalue weighted by Gasteiger charge is 2.15. The number of amides is 1. The number of carbonyl (C=O) groups excluding carboxylic acids is 1. The Kier molecular flexibility index (Phi) is 4.86. The van der Waals surface area contributed by atoms with Crippen LogP contribution in [0, 0.1) is 0 Å². The smallest absolute Gasteiger partial charge is 0.251 e. The molecule has 5 heteroatoms. The molecular formula is C18H18BrNO3. The van der Waals surface area contributed by atoms with Crippen LogP contribution in [0.25, 0.3) is 0 Å². The van der Waals surface area contributed by atoms with Crippen molar-refractivity contribution >= 4 is 21.8 Å². The van der Waals surface area contributed by atoms with Gasteiger partial charge in [-0.25, -0.2) is 0 Å². The number of hydrogen-bond acceptors (Lipinski definition) is 3. The molecule has 3 rings (SSSR count). The summed E-state index contributed by atoms with van der Waals surface area (Å²) in [6.07, 6.45) is 0.875. The summed E-state index contributed by atoms with van der Waals surface area (Å²) in [6.45, 7) is 3.27. The quantitative estimate of drug-likeness (QED) is 0.878. The lowest BCUT2D eigenvalue weighted by atomic mass is 10.1. The number of benzene rings is 2. The molecule has 1 atom stereocenters. The van der Waals surface area contributed by atoms with Crippen LogP contribution in [0.1, 0.15) is 35.3 Å². The van der Waals surface area contributed by atoms with E-state index in [1.54, 1.807) is 12.1 Å². The fourth-order valence-corrected chi connectivity index (χ4v) is 2.68. The standard InChI is InChI=1S/C18H18BrNO3/c1-12(20-18(21)13-3-6-15(19)7-4-13)14-5-8-16-17(11-14)23-10-2-9-22-16/h3-8,11-12H,2,9-10H2,1H3,(H,20,21)/t12-/m1/s1. The zero-order valence-electron chi connectivity index (χ0n) is 12.8. The molecular weight excluding hydrogens is 358 g/mol. The van der Waals surface area contributed by atoms with Crippen LogP contribution in [-0.4, -0.2) is 19.1 Å². The molecule has 0 spiro atoms. The van der Waals surface area contributed by atoms with Gasteiger partial charge >= 0.3 is 0 Å². The van der Waals surface area contributed by atoms with Gasteiger partial charge in [0, 0.05) is 16.5 Å². The van der Waals surface area contributed by atoms with Gasteiger partial charge < -0.3 is 14.8 Å². The highest BCUT2D eigenvalue weighted by Crippen LogP contribution is 2.32. The molecule has 0 fully saturated rings. The monoisotopic (exact) mass is 375 g/mol. The summed E-state index contributed by atoms with van der Waals surface area (Å²) in [6, 6.07) is 13.0. The molecule has 0 saturated heterocycles. The molecule has 2 aromatic carbocycles. The van der Waals surface area contributed by atoms with Crippen molar-refractivity contribution in [2.24, 2.45) is 0 Å². The van der Waals surface area contributed by atoms with E-state index in [0.717, 1.165) is 28.0 Å². The van der Waals surface area contributed by atoms with E-state index in [2.05, 4.69) is 21.2 Å². The van der Waals surface area contributed by atoms with E-state index >= 15 is 0 Å². The van der Waals surface area contributed by atoms with E-state index in [4.69, 9.17) is 9.47 Å². The van der Waals surface area contributed by atoms with Crippen molar-refractivity contribution in [2.45, 2.75) is 19.4 Å². The van der Waals surface area contributed by atoms with E-state index in [1.807, 2.05) is 37.3 Å². The first-order valence-corrected chi connectivity index (χ1v) is 8.39. The lowest BCUT2D eigenvalue weighted by Crippen LogP contribution is -2.26. The third-order valence-electron chi connectivity index (χ3n) is 3.73. The van der Waals surface area contributed by atoms with E-state index in [1.165, 1.54) is 0 Å². The fourth-order valence-electron chi connectivity index (χ4n) is 2.41. The van der Waals surface area contributed by atoms with Gasteiger partial charge in [0.2, 0.25) is 0 Å². The molecule has 0 saturated carbocycles. The van der Waals surface area contributed by atoms with Crippen molar-refractivity contribution in [3.63, 3.8) is 0 Å². The molecule has 0 unspecified atom stereocenters. The minimum absolute atomic E-state index is 0.0999. The number of hydrogen-bond donors (Lipinski definition) is 1. The summed E-state index contributed by atoms with van der Waals surface area (Å²) in [5, 5.41) is 3.00. The van der Waals surface area contributed by atoms with Crippen LogP contribution in [0.3, 0.4) is 0 Å². The minimum atomic E-state index is -0.122. The average Bonchev–Trinajstić information content (AvgIpc) is 2.79. The van der Waals surface area contributed by atoms with Gasteiger partial charge in [-0.05, 0) is 48.9 Å². The SMILES string of the molecule is C[C@@H](NC(=O)c1ccc(Br)cc1)c1ccc2c(c1)OCCCO2. The highest BCUT2D eigenvalue weighted by atomic mass is 79.9. The molecule has 120 valence electrons. The normalized spacial score (nSPS) is 14.7. The van der Waals surface area contributed by atoms with Gasteiger partial charge in [0.25, 0.3) is 5.91 Å². The van der Waals surface area contributed by atoms with Gasteiger partial charge in [0.15, 0.2) is 11.5 Å². The fraction of sp³-hybridized carbons (Fsp3) is 0.278. The van der Waals surface area contributed by atoms with Crippen molar-refractivity contribution in [1.29, 1.82) is 0 Å². The Morgan fingerprint density at radius 2 is 1.78 bits per heavy atom. The van der Waals surface area contributed by atoms with Crippen LogP contribution in [0.2, 0.25) is 0 Å². The first-order chi connectivity index (χ1) is 11.1. The second-order valence-electron chi connectivity index (χ2n) is 5.46. The number of carbonyl (C=O) groups is 1. The molecule has 2 aromatic rings. The summed E-state index contributed by atoms with van der Waals surface area (Å²) >= 11 is 3.37. The zero-order chi connectivity index (χ0) is 16.2. The third-order valence-corrected chi connectivity index (χ3v) is 4.25. The minimum Gasteiger partial charge on any atom is -0.490 e. The van der Waals surface area contributed by atoms with Crippen LogP contribution >= 0.6 is 15.9 Å². The molecule has 0 radical (unpaired) electrons. The molecule has 0 bridgehead atoms. The molecule has 1 N–H and O–H groups in total. The van der Waals surface area contributed by atoms with Gasteiger partial charge in [-0.2, -0.15) is 0 Å². The second kappa shape index (κ2) is 7.04. The van der Waals surface area contributed by atoms with Crippen LogP contribution in [0.5, 0.6) is 11.5 Å². The van der Waals surface area contributed by atoms with Gasteiger partial charge in [0.1, 0.15) is 0 Å². The van der Waals surface area contributed by atoms with Gasteiger partial charge in [-0.1, -0.05) is 22.0 Å². The number of ether oxygens (including phenoxy) is 2. The van der Waals surface area contributed by atoms with E-state index < -0.39 is 0 Å². The van der Waals surface area contributed by atoms with Gasteiger partial charge in [-0.3, -0.25) is 4.79 Å². The van der Waals surface area contributed by atoms with Crippen molar-refractivity contribution in [1.82, 2.24) is 5.32 Å². The molecule has 1 aliphatic heterocycles. The zero-order valence-corrected chi connectivity index (χ0v) is 14.4. The van der Waals surface area contributed by atoms with E-state index in [0.29, 0.717) is 18.8 Å². The Bertz CT molecular complexity index is 700. The summed E-state index contributed by atoms with van der Waals surface area (Å²) in [5.41, 5.74) is 1.62. The number of fused-ring (bicyclic) bond motifs is 1. The molecule has 0 aliphatic carbocycles. The summed E-state index contributed by atoms with van der Waals surface area (Å²) in [4.78, 5) is 12.3. The molecule has 1 amide bonds. The number of halogens is 1. The topological polar surface area (TPSA) is 47.6 Å². The largest absolute Gasteiger partial charge is 0.490 e. The van der Waals surface area contributed by atoms with Crippen molar-refractivity contribution in [3.8, 4) is 11.5 Å². The van der Waals surface area contributed by atoms with Crippen LogP contribution in [-0.2, 0) is 0 Å². The molecule has 4 nitrogen and oxygen atoms in total. The van der Waals surface area contributed by atoms with Gasteiger partial charge in [-0.15, -0.1) is 0 Å². The first-order valence-electron chi connectivity index (χ1n) is 7.59. The Labute approximate surface area is 143 Å². The summed E-state index contributed by atoms with van der Waals surface area (Å²) in [7, 11) is 0. The Morgan fingerprint density at radius 3 is 2.52 bits per heavy atom. The maximum Gasteiger partial charge on any atom is 0.251 e. The van der Waals surface area contributed by atoms with Crippen molar-refractivity contribution < 1.29 is 14.3 Å². The molecule has 1 aliphatic rings. The van der Waals surface area contributed by atoms with E-state index in [9.17, 15) is 4.79 Å². The molecule has 1 heterocycles. The maximum atomic E-state index is 12.3. The van der Waals surface area contributed by atoms with Crippen molar-refractivity contribution in [2.75, 3.05) is 13.2 Å². The Hall–Kier alpha value is -2.01. The predicted octanol–water partition coefficient (Wildman–Crippen LogP) is 4.10. The van der Waals surface area contributed by atoms with Crippen LogP contribution in [0.4, 0.5) is 0 Å². The maximum absolute atomic E-state index is 12.3. The molecule has 0 aromatic heterocycles. The highest BCUT2D eigenvalue weighted by molar-refractivity contribution is 9.10. The Morgan fingerprint density at radius 1 is 1.09 bits per heavy atom. The lowest BCUT2D eigenvalue weighted by Gasteiger charge is -2.16.